The molecule has 1 heterocycles. The number of rotatable bonds is 4. The molecule has 0 fully saturated rings. The summed E-state index contributed by atoms with van der Waals surface area (Å²) in [6.07, 6.45) is -0.645. The molecule has 0 unspecified atom stereocenters. The van der Waals surface area contributed by atoms with Gasteiger partial charge in [-0.05, 0) is 68.7 Å². The van der Waals surface area contributed by atoms with E-state index in [0.717, 1.165) is 22.1 Å². The average Bonchev–Trinajstić information content (AvgIpc) is 2.57. The van der Waals surface area contributed by atoms with Gasteiger partial charge in [0.2, 0.25) is 5.78 Å². The van der Waals surface area contributed by atoms with Crippen LogP contribution < -0.4 is 10.4 Å². The van der Waals surface area contributed by atoms with E-state index in [2.05, 4.69) is 0 Å². The molecule has 0 bridgehead atoms. The number of carbonyl (C=O) groups is 1. The van der Waals surface area contributed by atoms with Gasteiger partial charge in [-0.3, -0.25) is 4.79 Å². The second kappa shape index (κ2) is 6.55. The highest BCUT2D eigenvalue weighted by Gasteiger charge is 2.20. The molecule has 0 saturated carbocycles. The maximum atomic E-state index is 12.8. The zero-order valence-electron chi connectivity index (χ0n) is 14.8. The van der Waals surface area contributed by atoms with Crippen molar-refractivity contribution < 1.29 is 13.9 Å². The van der Waals surface area contributed by atoms with Gasteiger partial charge in [-0.25, -0.2) is 4.79 Å². The second-order valence-electron chi connectivity index (χ2n) is 6.33. The summed E-state index contributed by atoms with van der Waals surface area (Å²) in [6.45, 7) is 7.67. The van der Waals surface area contributed by atoms with Crippen molar-refractivity contribution in [1.29, 1.82) is 0 Å². The Balaban J connectivity index is 1.86. The lowest BCUT2D eigenvalue weighted by molar-refractivity contribution is 0.0817. The topological polar surface area (TPSA) is 56.5 Å². The Hall–Kier alpha value is -2.88. The largest absolute Gasteiger partial charge is 0.482 e. The number of hydrogen-bond acceptors (Lipinski definition) is 4. The monoisotopic (exact) mass is 336 g/mol. The molecule has 3 aromatic rings. The molecule has 1 atom stereocenters. The van der Waals surface area contributed by atoms with Crippen LogP contribution in [0.25, 0.3) is 11.0 Å². The predicted molar refractivity (Wildman–Crippen MR) is 97.6 cm³/mol. The van der Waals surface area contributed by atoms with Crippen molar-refractivity contribution in [2.24, 2.45) is 0 Å². The van der Waals surface area contributed by atoms with Crippen molar-refractivity contribution in [3.05, 3.63) is 75.1 Å². The van der Waals surface area contributed by atoms with E-state index in [-0.39, 0.29) is 5.78 Å². The lowest BCUT2D eigenvalue weighted by Crippen LogP contribution is -2.24. The number of aryl methyl sites for hydroxylation is 3. The van der Waals surface area contributed by atoms with Gasteiger partial charge in [0.05, 0.1) is 0 Å². The lowest BCUT2D eigenvalue weighted by atomic mass is 9.96. The fourth-order valence-corrected chi connectivity index (χ4v) is 2.82. The minimum absolute atomic E-state index is 0.0739. The fraction of sp³-hybridized carbons (Fsp3) is 0.238. The van der Waals surface area contributed by atoms with Crippen molar-refractivity contribution in [3.8, 4) is 5.75 Å². The van der Waals surface area contributed by atoms with Gasteiger partial charge in [0.25, 0.3) is 0 Å². The normalized spacial score (nSPS) is 12.2. The first kappa shape index (κ1) is 17.0. The molecule has 0 amide bonds. The molecule has 0 aliphatic rings. The van der Waals surface area contributed by atoms with Crippen LogP contribution in [-0.2, 0) is 0 Å². The van der Waals surface area contributed by atoms with Crippen LogP contribution in [0.4, 0.5) is 0 Å². The minimum atomic E-state index is -0.645. The molecule has 128 valence electrons. The first-order valence-corrected chi connectivity index (χ1v) is 8.18. The molecule has 1 aromatic heterocycles. The molecule has 0 aliphatic heterocycles. The third-order valence-corrected chi connectivity index (χ3v) is 4.38. The Morgan fingerprint density at radius 2 is 1.64 bits per heavy atom. The summed E-state index contributed by atoms with van der Waals surface area (Å²) in [6, 6.07) is 12.2. The highest BCUT2D eigenvalue weighted by Crippen LogP contribution is 2.23. The second-order valence-corrected chi connectivity index (χ2v) is 6.33. The van der Waals surface area contributed by atoms with Crippen molar-refractivity contribution in [2.45, 2.75) is 33.8 Å². The summed E-state index contributed by atoms with van der Waals surface area (Å²) >= 11 is 0. The van der Waals surface area contributed by atoms with Crippen LogP contribution in [0.2, 0.25) is 0 Å². The number of carbonyl (C=O) groups excluding carboxylic acids is 1. The third kappa shape index (κ3) is 3.48. The van der Waals surface area contributed by atoms with Crippen LogP contribution in [0.15, 0.2) is 51.7 Å². The predicted octanol–water partition coefficient (Wildman–Crippen LogP) is 4.37. The van der Waals surface area contributed by atoms with Gasteiger partial charge in [0.1, 0.15) is 11.3 Å². The van der Waals surface area contributed by atoms with Crippen LogP contribution in [0.5, 0.6) is 5.75 Å². The Kier molecular flexibility index (Phi) is 4.45. The maximum Gasteiger partial charge on any atom is 0.336 e. The number of ketones is 1. The summed E-state index contributed by atoms with van der Waals surface area (Å²) < 4.78 is 10.9. The summed E-state index contributed by atoms with van der Waals surface area (Å²) in [5, 5.41) is 0.802. The quantitative estimate of drug-likeness (QED) is 0.524. The molecular weight excluding hydrogens is 316 g/mol. The molecule has 3 rings (SSSR count). The number of benzene rings is 2. The molecular formula is C21H20O4. The van der Waals surface area contributed by atoms with Crippen molar-refractivity contribution in [2.75, 3.05) is 0 Å². The van der Waals surface area contributed by atoms with E-state index < -0.39 is 11.7 Å². The van der Waals surface area contributed by atoms with Crippen LogP contribution in [0.3, 0.4) is 0 Å². The first-order valence-electron chi connectivity index (χ1n) is 8.18. The summed E-state index contributed by atoms with van der Waals surface area (Å²) in [4.78, 5) is 24.1. The van der Waals surface area contributed by atoms with E-state index in [1.54, 1.807) is 31.2 Å². The number of fused-ring (bicyclic) bond motifs is 1. The first-order chi connectivity index (χ1) is 11.8. The molecule has 2 aromatic carbocycles. The number of ether oxygens (including phenoxy) is 1. The van der Waals surface area contributed by atoms with E-state index in [9.17, 15) is 9.59 Å². The standard InChI is InChI=1S/C21H20O4/c1-12-9-14(3)18(10-13(12)2)21(23)15(4)24-17-7-5-16-6-8-20(22)25-19(16)11-17/h5-11,15H,1-4H3/t15-/m0/s1. The Morgan fingerprint density at radius 3 is 2.40 bits per heavy atom. The van der Waals surface area contributed by atoms with Gasteiger partial charge < -0.3 is 9.15 Å². The van der Waals surface area contributed by atoms with Gasteiger partial charge in [0, 0.05) is 23.1 Å². The van der Waals surface area contributed by atoms with Crippen LogP contribution in [-0.4, -0.2) is 11.9 Å². The molecule has 0 N–H and O–H groups in total. The molecule has 0 aliphatic carbocycles. The molecule has 4 nitrogen and oxygen atoms in total. The lowest BCUT2D eigenvalue weighted by Gasteiger charge is -2.16. The van der Waals surface area contributed by atoms with Gasteiger partial charge in [-0.2, -0.15) is 0 Å². The summed E-state index contributed by atoms with van der Waals surface area (Å²) in [7, 11) is 0. The van der Waals surface area contributed by atoms with E-state index in [1.807, 2.05) is 32.9 Å². The van der Waals surface area contributed by atoms with Crippen molar-refractivity contribution in [3.63, 3.8) is 0 Å². The molecule has 0 radical (unpaired) electrons. The van der Waals surface area contributed by atoms with E-state index >= 15 is 0 Å². The minimum Gasteiger partial charge on any atom is -0.482 e. The zero-order valence-corrected chi connectivity index (χ0v) is 14.8. The van der Waals surface area contributed by atoms with Gasteiger partial charge in [0.15, 0.2) is 6.10 Å². The van der Waals surface area contributed by atoms with E-state index in [1.165, 1.54) is 6.07 Å². The van der Waals surface area contributed by atoms with Crippen molar-refractivity contribution in [1.82, 2.24) is 0 Å². The van der Waals surface area contributed by atoms with E-state index in [4.69, 9.17) is 9.15 Å². The highest BCUT2D eigenvalue weighted by molar-refractivity contribution is 6.01. The third-order valence-electron chi connectivity index (χ3n) is 4.38. The number of Topliss-reactive ketones (excluding diaryl/α,β-unsaturated/α-hetero) is 1. The molecule has 4 heteroatoms. The van der Waals surface area contributed by atoms with Gasteiger partial charge in [-0.1, -0.05) is 6.07 Å². The van der Waals surface area contributed by atoms with Crippen LogP contribution in [0, 0.1) is 20.8 Å². The SMILES string of the molecule is Cc1cc(C)c(C(=O)[C@H](C)Oc2ccc3ccc(=O)oc3c2)cc1C. The van der Waals surface area contributed by atoms with E-state index in [0.29, 0.717) is 16.9 Å². The Morgan fingerprint density at radius 1 is 0.960 bits per heavy atom. The van der Waals surface area contributed by atoms with Crippen LogP contribution in [0.1, 0.15) is 34.0 Å². The Labute approximate surface area is 146 Å². The molecule has 0 spiro atoms. The molecule has 25 heavy (non-hydrogen) atoms. The van der Waals surface area contributed by atoms with Gasteiger partial charge >= 0.3 is 5.63 Å². The fourth-order valence-electron chi connectivity index (χ4n) is 2.82. The van der Waals surface area contributed by atoms with Crippen LogP contribution >= 0.6 is 0 Å². The zero-order chi connectivity index (χ0) is 18.1. The molecule has 0 saturated heterocycles. The number of hydrogen-bond donors (Lipinski definition) is 0. The Bertz CT molecular complexity index is 1010. The van der Waals surface area contributed by atoms with Gasteiger partial charge in [-0.15, -0.1) is 0 Å². The maximum absolute atomic E-state index is 12.8. The van der Waals surface area contributed by atoms with Crippen molar-refractivity contribution >= 4 is 16.8 Å². The summed E-state index contributed by atoms with van der Waals surface area (Å²) in [5.74, 6) is 0.416. The highest BCUT2D eigenvalue weighted by atomic mass is 16.5. The summed E-state index contributed by atoms with van der Waals surface area (Å²) in [5.41, 5.74) is 3.86. The smallest absolute Gasteiger partial charge is 0.336 e. The average molecular weight is 336 g/mol.